The molecule has 1 heterocycles. The van der Waals surface area contributed by atoms with Crippen LogP contribution in [0.25, 0.3) is 0 Å². The van der Waals surface area contributed by atoms with E-state index in [1.165, 1.54) is 6.92 Å². The number of ketones is 1. The Hall–Kier alpha value is -2.76. The number of rotatable bonds is 5. The Morgan fingerprint density at radius 3 is 2.61 bits per heavy atom. The molecular weight excluding hydrogens is 294 g/mol. The smallest absolute Gasteiger partial charge is 0.272 e. The number of aryl methyl sites for hydroxylation is 1. The van der Waals surface area contributed by atoms with Crippen molar-refractivity contribution in [2.75, 3.05) is 18.2 Å². The normalized spacial score (nSPS) is 10.4. The molecule has 0 saturated carbocycles. The average Bonchev–Trinajstić information content (AvgIpc) is 2.86. The number of carbonyl (C=O) groups is 2. The molecule has 1 aromatic carbocycles. The Morgan fingerprint density at radius 1 is 1.35 bits per heavy atom. The van der Waals surface area contributed by atoms with Gasteiger partial charge in [-0.1, -0.05) is 6.92 Å². The van der Waals surface area contributed by atoms with Crippen LogP contribution < -0.4 is 15.8 Å². The molecule has 1 amide bonds. The van der Waals surface area contributed by atoms with Crippen LogP contribution in [0.2, 0.25) is 0 Å². The van der Waals surface area contributed by atoms with Gasteiger partial charge in [0, 0.05) is 17.3 Å². The third-order valence-electron chi connectivity index (χ3n) is 3.73. The van der Waals surface area contributed by atoms with Crippen LogP contribution >= 0.6 is 0 Å². The first-order valence-electron chi connectivity index (χ1n) is 7.36. The highest BCUT2D eigenvalue weighted by Gasteiger charge is 2.22. The summed E-state index contributed by atoms with van der Waals surface area (Å²) in [5.74, 6) is 0.199. The molecule has 0 aliphatic rings. The van der Waals surface area contributed by atoms with E-state index in [-0.39, 0.29) is 11.7 Å². The van der Waals surface area contributed by atoms with E-state index in [4.69, 9.17) is 10.5 Å². The highest BCUT2D eigenvalue weighted by atomic mass is 16.5. The third kappa shape index (κ3) is 3.21. The largest absolute Gasteiger partial charge is 0.497 e. The fourth-order valence-electron chi connectivity index (χ4n) is 2.66. The summed E-state index contributed by atoms with van der Waals surface area (Å²) >= 11 is 0. The molecule has 6 heteroatoms. The van der Waals surface area contributed by atoms with Crippen molar-refractivity contribution in [3.8, 4) is 5.75 Å². The zero-order valence-corrected chi connectivity index (χ0v) is 13.7. The van der Waals surface area contributed by atoms with Crippen molar-refractivity contribution in [3.63, 3.8) is 0 Å². The Kier molecular flexibility index (Phi) is 4.74. The Bertz CT molecular complexity index is 763. The van der Waals surface area contributed by atoms with E-state index < -0.39 is 0 Å². The molecule has 0 saturated heterocycles. The summed E-state index contributed by atoms with van der Waals surface area (Å²) in [6, 6.07) is 5.03. The molecule has 0 aliphatic heterocycles. The van der Waals surface area contributed by atoms with Crippen LogP contribution in [0.1, 0.15) is 46.0 Å². The molecule has 0 atom stereocenters. The van der Waals surface area contributed by atoms with E-state index in [9.17, 15) is 9.59 Å². The summed E-state index contributed by atoms with van der Waals surface area (Å²) in [6.07, 6.45) is 0.579. The second kappa shape index (κ2) is 6.56. The summed E-state index contributed by atoms with van der Waals surface area (Å²) < 4.78 is 5.14. The molecule has 6 nitrogen and oxygen atoms in total. The molecule has 4 N–H and O–H groups in total. The average molecular weight is 315 g/mol. The van der Waals surface area contributed by atoms with Crippen molar-refractivity contribution in [2.45, 2.75) is 27.2 Å². The molecule has 0 unspecified atom stereocenters. The number of hydrogen-bond acceptors (Lipinski definition) is 4. The Morgan fingerprint density at radius 2 is 2.04 bits per heavy atom. The molecule has 122 valence electrons. The highest BCUT2D eigenvalue weighted by Crippen LogP contribution is 2.26. The van der Waals surface area contributed by atoms with Gasteiger partial charge in [-0.05, 0) is 38.0 Å². The monoisotopic (exact) mass is 315 g/mol. The fourth-order valence-corrected chi connectivity index (χ4v) is 2.66. The lowest BCUT2D eigenvalue weighted by Gasteiger charge is -2.10. The molecule has 0 spiro atoms. The lowest BCUT2D eigenvalue weighted by molar-refractivity contribution is 0.101. The summed E-state index contributed by atoms with van der Waals surface area (Å²) in [5, 5.41) is 2.77. The van der Waals surface area contributed by atoms with E-state index in [1.54, 1.807) is 32.2 Å². The van der Waals surface area contributed by atoms with Crippen molar-refractivity contribution in [1.29, 1.82) is 0 Å². The molecule has 23 heavy (non-hydrogen) atoms. The second-order valence-corrected chi connectivity index (χ2v) is 5.30. The number of aromatic nitrogens is 1. The number of anilines is 2. The van der Waals surface area contributed by atoms with Crippen molar-refractivity contribution in [1.82, 2.24) is 4.98 Å². The lowest BCUT2D eigenvalue weighted by atomic mass is 10.0. The fraction of sp³-hybridized carbons (Fsp3) is 0.294. The summed E-state index contributed by atoms with van der Waals surface area (Å²) in [4.78, 5) is 27.4. The van der Waals surface area contributed by atoms with Gasteiger partial charge in [0.05, 0.1) is 18.5 Å². The second-order valence-electron chi connectivity index (χ2n) is 5.30. The van der Waals surface area contributed by atoms with Crippen LogP contribution in [-0.2, 0) is 6.42 Å². The number of amides is 1. The molecule has 0 bridgehead atoms. The van der Waals surface area contributed by atoms with Gasteiger partial charge in [0.15, 0.2) is 5.78 Å². The van der Waals surface area contributed by atoms with Gasteiger partial charge in [-0.3, -0.25) is 9.59 Å². The molecule has 0 radical (unpaired) electrons. The van der Waals surface area contributed by atoms with E-state index in [1.807, 2.05) is 6.92 Å². The minimum absolute atomic E-state index is 0.0597. The van der Waals surface area contributed by atoms with Gasteiger partial charge in [-0.15, -0.1) is 0 Å². The van der Waals surface area contributed by atoms with E-state index in [0.29, 0.717) is 46.1 Å². The quantitative estimate of drug-likeness (QED) is 0.583. The molecule has 0 aliphatic carbocycles. The number of carbonyl (C=O) groups excluding carboxylic acids is 2. The van der Waals surface area contributed by atoms with Gasteiger partial charge >= 0.3 is 0 Å². The van der Waals surface area contributed by atoms with Crippen molar-refractivity contribution in [3.05, 3.63) is 40.7 Å². The number of benzene rings is 1. The Balaban J connectivity index is 2.39. The summed E-state index contributed by atoms with van der Waals surface area (Å²) in [7, 11) is 1.54. The van der Waals surface area contributed by atoms with Crippen LogP contribution in [0.15, 0.2) is 18.2 Å². The standard InChI is InChI=1S/C17H21N3O3/c1-5-12-15(10(3)21)9(2)19-16(12)17(22)20-14-8-11(23-4)6-7-13(14)18/h6-8,19H,5,18H2,1-4H3,(H,20,22). The summed E-state index contributed by atoms with van der Waals surface area (Å²) in [6.45, 7) is 5.19. The van der Waals surface area contributed by atoms with Gasteiger partial charge in [0.25, 0.3) is 5.91 Å². The summed E-state index contributed by atoms with van der Waals surface area (Å²) in [5.41, 5.74) is 9.17. The van der Waals surface area contributed by atoms with Gasteiger partial charge in [-0.25, -0.2) is 0 Å². The van der Waals surface area contributed by atoms with Crippen LogP contribution in [0.3, 0.4) is 0 Å². The van der Waals surface area contributed by atoms with Crippen LogP contribution in [0.4, 0.5) is 11.4 Å². The minimum atomic E-state index is -0.336. The number of methoxy groups -OCH3 is 1. The number of nitrogens with two attached hydrogens (primary N) is 1. The zero-order valence-electron chi connectivity index (χ0n) is 13.7. The molecular formula is C17H21N3O3. The Labute approximate surface area is 135 Å². The van der Waals surface area contributed by atoms with E-state index in [2.05, 4.69) is 10.3 Å². The van der Waals surface area contributed by atoms with Crippen molar-refractivity contribution >= 4 is 23.1 Å². The van der Waals surface area contributed by atoms with Gasteiger partial charge < -0.3 is 20.8 Å². The number of aromatic amines is 1. The van der Waals surface area contributed by atoms with Crippen LogP contribution in [-0.4, -0.2) is 23.8 Å². The minimum Gasteiger partial charge on any atom is -0.497 e. The zero-order chi connectivity index (χ0) is 17.1. The number of H-pyrrole nitrogens is 1. The highest BCUT2D eigenvalue weighted by molar-refractivity contribution is 6.08. The molecule has 2 aromatic rings. The van der Waals surface area contributed by atoms with Crippen LogP contribution in [0.5, 0.6) is 5.75 Å². The molecule has 1 aromatic heterocycles. The van der Waals surface area contributed by atoms with Gasteiger partial charge in [0.1, 0.15) is 11.4 Å². The van der Waals surface area contributed by atoms with Crippen molar-refractivity contribution < 1.29 is 14.3 Å². The maximum Gasteiger partial charge on any atom is 0.272 e. The van der Waals surface area contributed by atoms with Crippen molar-refractivity contribution in [2.24, 2.45) is 0 Å². The maximum absolute atomic E-state index is 12.6. The van der Waals surface area contributed by atoms with E-state index >= 15 is 0 Å². The molecule has 0 fully saturated rings. The number of nitrogen functional groups attached to an aromatic ring is 1. The van der Waals surface area contributed by atoms with Crippen LogP contribution in [0, 0.1) is 6.92 Å². The predicted octanol–water partition coefficient (Wildman–Crippen LogP) is 2.93. The topological polar surface area (TPSA) is 97.2 Å². The van der Waals surface area contributed by atoms with E-state index in [0.717, 1.165) is 0 Å². The lowest BCUT2D eigenvalue weighted by Crippen LogP contribution is -2.16. The number of nitrogens with one attached hydrogen (secondary N) is 2. The first kappa shape index (κ1) is 16.6. The first-order chi connectivity index (χ1) is 10.9. The third-order valence-corrected chi connectivity index (χ3v) is 3.73. The first-order valence-corrected chi connectivity index (χ1v) is 7.36. The molecule has 2 rings (SSSR count). The predicted molar refractivity (Wildman–Crippen MR) is 90.3 cm³/mol. The number of hydrogen-bond donors (Lipinski definition) is 3. The van der Waals surface area contributed by atoms with Gasteiger partial charge in [0.2, 0.25) is 0 Å². The van der Waals surface area contributed by atoms with Gasteiger partial charge in [-0.2, -0.15) is 0 Å². The maximum atomic E-state index is 12.6. The SMILES string of the molecule is CCc1c(C(=O)Nc2cc(OC)ccc2N)[nH]c(C)c1C(C)=O. The number of Topliss-reactive ketones (excluding diaryl/α,β-unsaturated/α-hetero) is 1. The number of ether oxygens (including phenoxy) is 1.